The van der Waals surface area contributed by atoms with Crippen LogP contribution in [-0.2, 0) is 6.42 Å². The van der Waals surface area contributed by atoms with E-state index in [1.807, 2.05) is 41.8 Å². The molecular formula is C15H14FNS2. The lowest BCUT2D eigenvalue weighted by Gasteiger charge is -2.11. The van der Waals surface area contributed by atoms with Crippen molar-refractivity contribution in [1.29, 1.82) is 0 Å². The SMILES string of the molecule is FSN(CC#Cc1ccccc1)CCc1cccs1. The first-order valence-electron chi connectivity index (χ1n) is 5.98. The molecule has 1 aromatic carbocycles. The average molecular weight is 291 g/mol. The molecule has 98 valence electrons. The molecule has 0 fully saturated rings. The fourth-order valence-electron chi connectivity index (χ4n) is 1.58. The van der Waals surface area contributed by atoms with Gasteiger partial charge >= 0.3 is 0 Å². The predicted octanol–water partition coefficient (Wildman–Crippen LogP) is 4.18. The number of thiophene rings is 1. The zero-order valence-electron chi connectivity index (χ0n) is 10.4. The molecule has 0 amide bonds. The van der Waals surface area contributed by atoms with E-state index in [-0.39, 0.29) is 12.3 Å². The Morgan fingerprint density at radius 1 is 1.16 bits per heavy atom. The van der Waals surface area contributed by atoms with Crippen LogP contribution in [0, 0.1) is 11.8 Å². The molecular weight excluding hydrogens is 277 g/mol. The highest BCUT2D eigenvalue weighted by atomic mass is 32.2. The zero-order valence-corrected chi connectivity index (χ0v) is 12.0. The lowest BCUT2D eigenvalue weighted by Crippen LogP contribution is -2.17. The molecule has 0 bridgehead atoms. The Labute approximate surface area is 121 Å². The molecule has 4 heteroatoms. The van der Waals surface area contributed by atoms with E-state index >= 15 is 0 Å². The second kappa shape index (κ2) is 8.00. The Kier molecular flexibility index (Phi) is 5.96. The van der Waals surface area contributed by atoms with Crippen molar-refractivity contribution in [3.63, 3.8) is 0 Å². The zero-order chi connectivity index (χ0) is 13.3. The molecule has 0 atom stereocenters. The van der Waals surface area contributed by atoms with E-state index in [1.165, 1.54) is 4.88 Å². The van der Waals surface area contributed by atoms with Gasteiger partial charge in [-0.25, -0.2) is 4.31 Å². The molecule has 19 heavy (non-hydrogen) atoms. The Morgan fingerprint density at radius 2 is 2.00 bits per heavy atom. The van der Waals surface area contributed by atoms with Crippen LogP contribution in [0.1, 0.15) is 10.4 Å². The quantitative estimate of drug-likeness (QED) is 0.600. The maximum atomic E-state index is 12.8. The third-order valence-corrected chi connectivity index (χ3v) is 3.99. The molecule has 0 saturated heterocycles. The van der Waals surface area contributed by atoms with Gasteiger partial charge in [-0.1, -0.05) is 36.1 Å². The number of rotatable bonds is 5. The van der Waals surface area contributed by atoms with E-state index in [0.29, 0.717) is 13.1 Å². The van der Waals surface area contributed by atoms with Crippen molar-refractivity contribution in [1.82, 2.24) is 4.31 Å². The molecule has 0 unspecified atom stereocenters. The highest BCUT2D eigenvalue weighted by molar-refractivity contribution is 7.91. The maximum Gasteiger partial charge on any atom is 0.135 e. The van der Waals surface area contributed by atoms with Crippen LogP contribution in [0.15, 0.2) is 47.8 Å². The van der Waals surface area contributed by atoms with Crippen molar-refractivity contribution >= 4 is 23.7 Å². The van der Waals surface area contributed by atoms with E-state index in [1.54, 1.807) is 15.6 Å². The molecule has 0 aliphatic rings. The number of hydrogen-bond acceptors (Lipinski definition) is 3. The standard InChI is InChI=1S/C15H14FNS2/c16-19-17(12-10-15-9-5-13-18-15)11-4-8-14-6-2-1-3-7-14/h1-3,5-7,9,13H,10-12H2. The van der Waals surface area contributed by atoms with Gasteiger partial charge in [0, 0.05) is 17.0 Å². The molecule has 2 aromatic rings. The summed E-state index contributed by atoms with van der Waals surface area (Å²) >= 11 is 1.96. The van der Waals surface area contributed by atoms with Crippen LogP contribution in [-0.4, -0.2) is 17.4 Å². The van der Waals surface area contributed by atoms with Crippen molar-refractivity contribution in [2.75, 3.05) is 13.1 Å². The molecule has 0 N–H and O–H groups in total. The van der Waals surface area contributed by atoms with Gasteiger partial charge in [-0.15, -0.1) is 15.2 Å². The molecule has 2 rings (SSSR count). The fraction of sp³-hybridized carbons (Fsp3) is 0.200. The van der Waals surface area contributed by atoms with Gasteiger partial charge in [0.2, 0.25) is 0 Å². The van der Waals surface area contributed by atoms with E-state index in [0.717, 1.165) is 12.0 Å². The van der Waals surface area contributed by atoms with Gasteiger partial charge in [0.25, 0.3) is 0 Å². The molecule has 0 saturated carbocycles. The lowest BCUT2D eigenvalue weighted by molar-refractivity contribution is 0.516. The van der Waals surface area contributed by atoms with Crippen LogP contribution >= 0.6 is 23.7 Å². The van der Waals surface area contributed by atoms with Gasteiger partial charge in [-0.2, -0.15) is 0 Å². The van der Waals surface area contributed by atoms with E-state index in [9.17, 15) is 3.89 Å². The molecule has 0 spiro atoms. The minimum Gasteiger partial charge on any atom is -0.210 e. The van der Waals surface area contributed by atoms with Crippen LogP contribution in [0.2, 0.25) is 0 Å². The first-order chi connectivity index (χ1) is 9.38. The summed E-state index contributed by atoms with van der Waals surface area (Å²) in [5.74, 6) is 6.03. The van der Waals surface area contributed by atoms with E-state index < -0.39 is 0 Å². The average Bonchev–Trinajstić information content (AvgIpc) is 2.97. The van der Waals surface area contributed by atoms with Crippen molar-refractivity contribution in [2.45, 2.75) is 6.42 Å². The van der Waals surface area contributed by atoms with Gasteiger partial charge < -0.3 is 0 Å². The topological polar surface area (TPSA) is 3.24 Å². The molecule has 0 aliphatic carbocycles. The van der Waals surface area contributed by atoms with Crippen LogP contribution in [0.5, 0.6) is 0 Å². The van der Waals surface area contributed by atoms with E-state index in [2.05, 4.69) is 17.9 Å². The maximum absolute atomic E-state index is 12.8. The predicted molar refractivity (Wildman–Crippen MR) is 81.6 cm³/mol. The highest BCUT2D eigenvalue weighted by Gasteiger charge is 2.04. The minimum absolute atomic E-state index is 0.262. The Balaban J connectivity index is 1.81. The summed E-state index contributed by atoms with van der Waals surface area (Å²) in [5.41, 5.74) is 0.963. The molecule has 0 radical (unpaired) electrons. The van der Waals surface area contributed by atoms with Crippen molar-refractivity contribution < 1.29 is 3.89 Å². The van der Waals surface area contributed by atoms with Gasteiger partial charge in [-0.3, -0.25) is 0 Å². The number of hydrogen-bond donors (Lipinski definition) is 0. The fourth-order valence-corrected chi connectivity index (χ4v) is 2.55. The molecule has 1 nitrogen and oxygen atoms in total. The number of halogens is 1. The first kappa shape index (κ1) is 14.1. The summed E-state index contributed by atoms with van der Waals surface area (Å²) in [7, 11) is 0. The van der Waals surface area contributed by atoms with Crippen LogP contribution < -0.4 is 0 Å². The first-order valence-corrected chi connectivity index (χ1v) is 7.54. The Hall–Kier alpha value is -1.28. The summed E-state index contributed by atoms with van der Waals surface area (Å²) in [6, 6.07) is 13.8. The van der Waals surface area contributed by atoms with Gasteiger partial charge in [0.1, 0.15) is 12.3 Å². The smallest absolute Gasteiger partial charge is 0.135 e. The second-order valence-electron chi connectivity index (χ2n) is 3.93. The second-order valence-corrected chi connectivity index (χ2v) is 5.62. The van der Waals surface area contributed by atoms with Gasteiger partial charge in [0.05, 0.1) is 6.54 Å². The molecule has 1 aromatic heterocycles. The summed E-state index contributed by atoms with van der Waals surface area (Å²) in [6.07, 6.45) is 0.863. The van der Waals surface area contributed by atoms with Crippen molar-refractivity contribution in [3.8, 4) is 11.8 Å². The van der Waals surface area contributed by atoms with Crippen LogP contribution in [0.25, 0.3) is 0 Å². The highest BCUT2D eigenvalue weighted by Crippen LogP contribution is 2.14. The summed E-state index contributed by atoms with van der Waals surface area (Å²) < 4.78 is 14.4. The van der Waals surface area contributed by atoms with Crippen molar-refractivity contribution in [2.24, 2.45) is 0 Å². The summed E-state index contributed by atoms with van der Waals surface area (Å²) in [4.78, 5) is 1.27. The van der Waals surface area contributed by atoms with Gasteiger partial charge in [-0.05, 0) is 30.0 Å². The monoisotopic (exact) mass is 291 g/mol. The van der Waals surface area contributed by atoms with E-state index in [4.69, 9.17) is 0 Å². The third kappa shape index (κ3) is 5.07. The number of benzene rings is 1. The Bertz CT molecular complexity index is 528. The third-order valence-electron chi connectivity index (χ3n) is 2.55. The minimum atomic E-state index is 0.262. The van der Waals surface area contributed by atoms with Crippen molar-refractivity contribution in [3.05, 3.63) is 58.3 Å². The van der Waals surface area contributed by atoms with Crippen LogP contribution in [0.3, 0.4) is 0 Å². The summed E-state index contributed by atoms with van der Waals surface area (Å²) in [6.45, 7) is 1.10. The summed E-state index contributed by atoms with van der Waals surface area (Å²) in [5, 5.41) is 2.04. The lowest BCUT2D eigenvalue weighted by atomic mass is 10.2. The van der Waals surface area contributed by atoms with Gasteiger partial charge in [0.15, 0.2) is 0 Å². The normalized spacial score (nSPS) is 10.2. The molecule has 1 heterocycles. The largest absolute Gasteiger partial charge is 0.210 e. The Morgan fingerprint density at radius 3 is 2.68 bits per heavy atom. The van der Waals surface area contributed by atoms with Crippen LogP contribution in [0.4, 0.5) is 3.89 Å². The molecule has 0 aliphatic heterocycles. The number of nitrogens with zero attached hydrogens (tertiary/aromatic N) is 1.